The summed E-state index contributed by atoms with van der Waals surface area (Å²) in [7, 11) is -5.84. The van der Waals surface area contributed by atoms with E-state index >= 15 is 0 Å². The molecule has 0 bridgehead atoms. The van der Waals surface area contributed by atoms with Crippen molar-refractivity contribution in [1.82, 2.24) is 9.55 Å². The van der Waals surface area contributed by atoms with Gasteiger partial charge in [0.05, 0.1) is 0 Å². The van der Waals surface area contributed by atoms with Gasteiger partial charge in [0, 0.05) is 31.3 Å². The van der Waals surface area contributed by atoms with Crippen LogP contribution < -0.4 is 0 Å². The van der Waals surface area contributed by atoms with Crippen LogP contribution in [-0.4, -0.2) is 28.0 Å². The van der Waals surface area contributed by atoms with Crippen LogP contribution in [0.5, 0.6) is 0 Å². The summed E-state index contributed by atoms with van der Waals surface area (Å²) in [4.78, 5) is 3.78. The smallest absolute Gasteiger partial charge is 0.354 e. The lowest BCUT2D eigenvalue weighted by atomic mass is 10.3. The summed E-state index contributed by atoms with van der Waals surface area (Å²) in [5.41, 5.74) is -4.18. The number of alkyl halides is 3. The van der Waals surface area contributed by atoms with Gasteiger partial charge in [-0.1, -0.05) is 19.4 Å². The van der Waals surface area contributed by atoms with Crippen molar-refractivity contribution in [3.8, 4) is 0 Å². The van der Waals surface area contributed by atoms with Gasteiger partial charge in [0.15, 0.2) is 0 Å². The quantitative estimate of drug-likeness (QED) is 0.656. The van der Waals surface area contributed by atoms with E-state index in [1.165, 1.54) is 24.9 Å². The van der Waals surface area contributed by atoms with Crippen LogP contribution in [0.4, 0.5) is 13.2 Å². The Hall–Kier alpha value is -1.87. The summed E-state index contributed by atoms with van der Waals surface area (Å²) in [5.74, 6) is 0. The van der Waals surface area contributed by atoms with Gasteiger partial charge in [0.25, 0.3) is 0 Å². The fourth-order valence-electron chi connectivity index (χ4n) is 1.35. The molecule has 24 heavy (non-hydrogen) atoms. The van der Waals surface area contributed by atoms with E-state index in [0.717, 1.165) is 0 Å². The fourth-order valence-corrected chi connectivity index (χ4v) is 1.35. The lowest BCUT2D eigenvalue weighted by Crippen LogP contribution is -2.21. The second-order valence-electron chi connectivity index (χ2n) is 4.73. The number of unbranched alkanes of at least 4 members (excludes halogenated alkanes) is 1. The number of pyridine rings is 1. The maximum Gasteiger partial charge on any atom is 0.522 e. The molecule has 0 saturated carbocycles. The van der Waals surface area contributed by atoms with Crippen molar-refractivity contribution in [1.29, 1.82) is 0 Å². The molecule has 0 aliphatic rings. The molecule has 0 amide bonds. The minimum Gasteiger partial charge on any atom is -0.354 e. The van der Waals surface area contributed by atoms with Gasteiger partial charge in [0.1, 0.15) is 0 Å². The van der Waals surface area contributed by atoms with Crippen LogP contribution in [0.1, 0.15) is 25.3 Å². The first kappa shape index (κ1) is 22.1. The number of nitrogens with zero attached hydrogens (tertiary/aromatic N) is 2. The van der Waals surface area contributed by atoms with Crippen molar-refractivity contribution in [2.75, 3.05) is 0 Å². The van der Waals surface area contributed by atoms with Gasteiger partial charge in [-0.15, -0.1) is 0 Å². The Labute approximate surface area is 139 Å². The summed E-state index contributed by atoms with van der Waals surface area (Å²) in [5, 5.41) is 0. The Bertz CT molecular complexity index is 629. The minimum absolute atomic E-state index is 1.17. The summed E-state index contributed by atoms with van der Waals surface area (Å²) in [6, 6.07) is 7.86. The Kier molecular flexibility index (Phi) is 9.98. The van der Waals surface area contributed by atoms with Crippen LogP contribution >= 0.6 is 0 Å². The average Bonchev–Trinajstić information content (AvgIpc) is 2.92. The van der Waals surface area contributed by atoms with Crippen molar-refractivity contribution >= 4 is 10.1 Å². The molecule has 2 heterocycles. The van der Waals surface area contributed by atoms with Crippen LogP contribution in [0.25, 0.3) is 0 Å². The molecule has 0 unspecified atom stereocenters. The van der Waals surface area contributed by atoms with E-state index in [-0.39, 0.29) is 0 Å². The highest BCUT2D eigenvalue weighted by molar-refractivity contribution is 7.86. The number of aromatic nitrogens is 2. The Morgan fingerprint density at radius 3 is 2.00 bits per heavy atom. The third-order valence-corrected chi connectivity index (χ3v) is 3.11. The van der Waals surface area contributed by atoms with Gasteiger partial charge >= 0.3 is 15.6 Å². The number of rotatable bonds is 3. The third kappa shape index (κ3) is 10.8. The molecule has 0 spiro atoms. The molecule has 0 atom stereocenters. The van der Waals surface area contributed by atoms with Crippen molar-refractivity contribution in [3.63, 3.8) is 0 Å². The monoisotopic (exact) mass is 366 g/mol. The second kappa shape index (κ2) is 10.8. The predicted octanol–water partition coefficient (Wildman–Crippen LogP) is 4.07. The molecule has 0 aliphatic heterocycles. The maximum absolute atomic E-state index is 10.7. The highest BCUT2D eigenvalue weighted by atomic mass is 32.2. The summed E-state index contributed by atoms with van der Waals surface area (Å²) >= 11 is 0. The number of aryl methyl sites for hydroxylation is 2. The number of hydrogen-bond donors (Lipinski definition) is 1. The summed E-state index contributed by atoms with van der Waals surface area (Å²) in [6.07, 6.45) is 10.4. The number of hydrogen-bond acceptors (Lipinski definition) is 3. The van der Waals surface area contributed by atoms with Crippen molar-refractivity contribution in [2.45, 2.75) is 38.7 Å². The highest BCUT2D eigenvalue weighted by Crippen LogP contribution is 2.20. The summed E-state index contributed by atoms with van der Waals surface area (Å²) in [6.45, 7) is 5.52. The van der Waals surface area contributed by atoms with Gasteiger partial charge in [-0.3, -0.25) is 9.54 Å². The first-order valence-electron chi connectivity index (χ1n) is 7.09. The minimum atomic E-state index is -5.84. The normalized spacial score (nSPS) is 10.9. The third-order valence-electron chi connectivity index (χ3n) is 2.53. The van der Waals surface area contributed by atoms with Crippen molar-refractivity contribution < 1.29 is 26.1 Å². The topological polar surface area (TPSA) is 72.2 Å². The van der Waals surface area contributed by atoms with Gasteiger partial charge in [-0.25, -0.2) is 0 Å². The molecule has 2 aromatic heterocycles. The van der Waals surface area contributed by atoms with Gasteiger partial charge in [0.2, 0.25) is 0 Å². The molecular formula is C15H21F3N2O3S. The van der Waals surface area contributed by atoms with Crippen LogP contribution in [0, 0.1) is 6.92 Å². The van der Waals surface area contributed by atoms with E-state index in [1.54, 1.807) is 12.4 Å². The van der Waals surface area contributed by atoms with E-state index < -0.39 is 15.6 Å². The molecule has 0 aliphatic carbocycles. The zero-order valence-corrected chi connectivity index (χ0v) is 14.3. The first-order valence-corrected chi connectivity index (χ1v) is 8.53. The average molecular weight is 366 g/mol. The molecule has 2 rings (SSSR count). The summed E-state index contributed by atoms with van der Waals surface area (Å²) < 4.78 is 59.8. The molecular weight excluding hydrogens is 345 g/mol. The van der Waals surface area contributed by atoms with Gasteiger partial charge in [-0.2, -0.15) is 21.6 Å². The van der Waals surface area contributed by atoms with E-state index in [0.29, 0.717) is 0 Å². The van der Waals surface area contributed by atoms with Crippen LogP contribution in [0.15, 0.2) is 49.1 Å². The molecule has 5 nitrogen and oxygen atoms in total. The van der Waals surface area contributed by atoms with E-state index in [9.17, 15) is 13.2 Å². The molecule has 0 radical (unpaired) electrons. The highest BCUT2D eigenvalue weighted by Gasteiger charge is 2.44. The Morgan fingerprint density at radius 2 is 1.75 bits per heavy atom. The molecule has 0 aromatic carbocycles. The molecule has 0 fully saturated rings. The largest absolute Gasteiger partial charge is 0.522 e. The number of halogens is 3. The zero-order valence-electron chi connectivity index (χ0n) is 13.4. The molecule has 2 aromatic rings. The Balaban J connectivity index is 0.000000342. The molecule has 1 N–H and O–H groups in total. The van der Waals surface area contributed by atoms with E-state index in [2.05, 4.69) is 41.9 Å². The second-order valence-corrected chi connectivity index (χ2v) is 6.14. The predicted molar refractivity (Wildman–Crippen MR) is 85.9 cm³/mol. The van der Waals surface area contributed by atoms with E-state index in [4.69, 9.17) is 13.0 Å². The standard InChI is InChI=1S/C9H15N.C5H5N.CHF3O3S/c1-3-4-6-10-7-5-9(2)8-10;1-2-4-6-5-3-1;2-1(3,4)8(5,6)7/h5,7-8H,3-4,6H2,1-2H3;1-5H;(H,5,6,7). The van der Waals surface area contributed by atoms with Crippen LogP contribution in [0.2, 0.25) is 0 Å². The van der Waals surface area contributed by atoms with Crippen LogP contribution in [-0.2, 0) is 16.7 Å². The first-order chi connectivity index (χ1) is 11.1. The van der Waals surface area contributed by atoms with Crippen molar-refractivity contribution in [3.05, 3.63) is 54.6 Å². The molecule has 0 saturated heterocycles. The fraction of sp³-hybridized carbons (Fsp3) is 0.400. The van der Waals surface area contributed by atoms with Gasteiger partial charge in [-0.05, 0) is 37.1 Å². The SMILES string of the molecule is CCCCn1ccc(C)c1.O=S(=O)(O)C(F)(F)F.c1ccncc1. The van der Waals surface area contributed by atoms with Crippen LogP contribution in [0.3, 0.4) is 0 Å². The van der Waals surface area contributed by atoms with Crippen molar-refractivity contribution in [2.24, 2.45) is 0 Å². The Morgan fingerprint density at radius 1 is 1.21 bits per heavy atom. The van der Waals surface area contributed by atoms with E-state index in [1.807, 2.05) is 18.2 Å². The molecule has 136 valence electrons. The molecule has 9 heteroatoms. The van der Waals surface area contributed by atoms with Gasteiger partial charge < -0.3 is 4.57 Å². The maximum atomic E-state index is 10.7. The zero-order chi connectivity index (χ0) is 18.6. The lowest BCUT2D eigenvalue weighted by Gasteiger charge is -1.98. The lowest BCUT2D eigenvalue weighted by molar-refractivity contribution is -0.0510.